The number of phosphoric acid groups is 1. The Morgan fingerprint density at radius 2 is 2.00 bits per heavy atom. The molecule has 0 N–H and O–H groups in total. The zero-order valence-electron chi connectivity index (χ0n) is 11.6. The first-order valence-electron chi connectivity index (χ1n) is 5.56. The molecule has 0 saturated carbocycles. The lowest BCUT2D eigenvalue weighted by atomic mass is 10.1. The largest absolute Gasteiger partial charge is 0.756 e. The van der Waals surface area contributed by atoms with E-state index in [0.717, 1.165) is 0 Å². The van der Waals surface area contributed by atoms with Crippen LogP contribution < -0.4 is 4.89 Å². The summed E-state index contributed by atoms with van der Waals surface area (Å²) in [6.07, 6.45) is -0.934. The molecule has 0 bridgehead atoms. The molecule has 0 fully saturated rings. The summed E-state index contributed by atoms with van der Waals surface area (Å²) in [5.41, 5.74) is 0.189. The van der Waals surface area contributed by atoms with Gasteiger partial charge >= 0.3 is 0 Å². The molecular formula is C11H20NO6P. The van der Waals surface area contributed by atoms with Gasteiger partial charge in [-0.3, -0.25) is 9.36 Å². The minimum Gasteiger partial charge on any atom is -0.756 e. The van der Waals surface area contributed by atoms with Crippen LogP contribution in [0.1, 0.15) is 6.92 Å². The van der Waals surface area contributed by atoms with Crippen LogP contribution in [-0.2, 0) is 23.2 Å². The van der Waals surface area contributed by atoms with E-state index in [1.807, 2.05) is 0 Å². The lowest BCUT2D eigenvalue weighted by Crippen LogP contribution is -2.45. The maximum atomic E-state index is 11.9. The van der Waals surface area contributed by atoms with Crippen molar-refractivity contribution < 1.29 is 32.6 Å². The highest BCUT2D eigenvalue weighted by molar-refractivity contribution is 7.45. The highest BCUT2D eigenvalue weighted by Gasteiger charge is 2.30. The molecule has 0 aliphatic rings. The molecule has 110 valence electrons. The molecule has 8 heteroatoms. The predicted molar refractivity (Wildman–Crippen MR) is 67.2 cm³/mol. The van der Waals surface area contributed by atoms with Crippen molar-refractivity contribution in [1.82, 2.24) is 0 Å². The zero-order valence-corrected chi connectivity index (χ0v) is 12.5. The van der Waals surface area contributed by atoms with Gasteiger partial charge in [-0.05, 0) is 12.5 Å². The van der Waals surface area contributed by atoms with Gasteiger partial charge in [0.15, 0.2) is 11.9 Å². The van der Waals surface area contributed by atoms with Gasteiger partial charge in [0.05, 0.1) is 21.1 Å². The van der Waals surface area contributed by atoms with Gasteiger partial charge in [-0.15, -0.1) is 0 Å². The van der Waals surface area contributed by atoms with Crippen molar-refractivity contribution in [2.45, 2.75) is 13.0 Å². The fourth-order valence-electron chi connectivity index (χ4n) is 1.24. The zero-order chi connectivity index (χ0) is 15.3. The Balaban J connectivity index is 4.95. The number of quaternary nitrogens is 1. The van der Waals surface area contributed by atoms with E-state index in [9.17, 15) is 19.0 Å². The molecule has 0 amide bonds. The average molecular weight is 293 g/mol. The number of likely N-dealkylation sites (N-methyl/N-ethyl adjacent to an activating group) is 1. The molecule has 2 atom stereocenters. The Labute approximate surface area is 113 Å². The van der Waals surface area contributed by atoms with E-state index < -0.39 is 26.3 Å². The molecule has 0 aromatic carbocycles. The number of ketones is 1. The first kappa shape index (κ1) is 18.1. The van der Waals surface area contributed by atoms with E-state index in [2.05, 4.69) is 11.1 Å². The minimum absolute atomic E-state index is 0.127. The summed E-state index contributed by atoms with van der Waals surface area (Å²) in [6.45, 7) is 4.43. The fourth-order valence-corrected chi connectivity index (χ4v) is 2.02. The van der Waals surface area contributed by atoms with Gasteiger partial charge in [0.2, 0.25) is 0 Å². The summed E-state index contributed by atoms with van der Waals surface area (Å²) >= 11 is 0. The van der Waals surface area contributed by atoms with Gasteiger partial charge in [0.25, 0.3) is 7.82 Å². The topological polar surface area (TPSA) is 92.7 Å². The second-order valence-electron chi connectivity index (χ2n) is 5.12. The van der Waals surface area contributed by atoms with E-state index in [4.69, 9.17) is 4.52 Å². The van der Waals surface area contributed by atoms with Crippen LogP contribution in [0.3, 0.4) is 0 Å². The van der Waals surface area contributed by atoms with E-state index >= 15 is 0 Å². The molecule has 0 rings (SSSR count). The highest BCUT2D eigenvalue weighted by atomic mass is 31.2. The molecule has 0 aliphatic carbocycles. The van der Waals surface area contributed by atoms with Crippen LogP contribution in [0.4, 0.5) is 0 Å². The molecule has 0 heterocycles. The normalized spacial score (nSPS) is 16.5. The Morgan fingerprint density at radius 1 is 1.47 bits per heavy atom. The SMILES string of the molecule is C=C(C)C(=O)C(C[N+](C)(C)C)OP(=O)([O-])OCC=O. The third-order valence-electron chi connectivity index (χ3n) is 1.98. The molecule has 19 heavy (non-hydrogen) atoms. The predicted octanol–water partition coefficient (Wildman–Crippen LogP) is -0.0931. The van der Waals surface area contributed by atoms with Gasteiger partial charge in [-0.1, -0.05) is 6.58 Å². The molecule has 0 radical (unpaired) electrons. The van der Waals surface area contributed by atoms with Crippen LogP contribution in [0.5, 0.6) is 0 Å². The van der Waals surface area contributed by atoms with E-state index in [0.29, 0.717) is 4.48 Å². The number of hydrogen-bond acceptors (Lipinski definition) is 6. The fraction of sp³-hybridized carbons (Fsp3) is 0.636. The first-order chi connectivity index (χ1) is 8.48. The number of phosphoric ester groups is 1. The molecule has 0 spiro atoms. The van der Waals surface area contributed by atoms with Crippen molar-refractivity contribution in [3.05, 3.63) is 12.2 Å². The number of carbonyl (C=O) groups excluding carboxylic acids is 2. The molecule has 0 aromatic heterocycles. The van der Waals surface area contributed by atoms with Gasteiger partial charge in [0.1, 0.15) is 19.4 Å². The number of hydrogen-bond donors (Lipinski definition) is 0. The van der Waals surface area contributed by atoms with Crippen molar-refractivity contribution in [3.8, 4) is 0 Å². The maximum absolute atomic E-state index is 11.9. The van der Waals surface area contributed by atoms with Gasteiger partial charge < -0.3 is 23.2 Å². The van der Waals surface area contributed by atoms with Crippen molar-refractivity contribution in [3.63, 3.8) is 0 Å². The summed E-state index contributed by atoms with van der Waals surface area (Å²) in [7, 11) is 0.647. The molecule has 0 saturated heterocycles. The summed E-state index contributed by atoms with van der Waals surface area (Å²) in [6, 6.07) is 0. The molecule has 0 aliphatic heterocycles. The summed E-state index contributed by atoms with van der Waals surface area (Å²) < 4.78 is 20.8. The molecular weight excluding hydrogens is 273 g/mol. The van der Waals surface area contributed by atoms with E-state index in [1.165, 1.54) is 6.92 Å². The smallest absolute Gasteiger partial charge is 0.269 e. The second kappa shape index (κ2) is 7.07. The summed E-state index contributed by atoms with van der Waals surface area (Å²) in [5, 5.41) is 0. The Hall–Kier alpha value is -0.850. The Bertz CT molecular complexity index is 400. The Kier molecular flexibility index (Phi) is 6.76. The van der Waals surface area contributed by atoms with Gasteiger partial charge in [-0.2, -0.15) is 0 Å². The van der Waals surface area contributed by atoms with Crippen LogP contribution in [0.2, 0.25) is 0 Å². The number of Topliss-reactive ketones (excluding diaryl/α,β-unsaturated/α-hetero) is 1. The van der Waals surface area contributed by atoms with Crippen LogP contribution in [-0.4, -0.2) is 57.0 Å². The third-order valence-corrected chi connectivity index (χ3v) is 2.96. The summed E-state index contributed by atoms with van der Waals surface area (Å²) in [5.74, 6) is -0.515. The molecule has 7 nitrogen and oxygen atoms in total. The van der Waals surface area contributed by atoms with Crippen molar-refractivity contribution in [2.24, 2.45) is 0 Å². The summed E-state index contributed by atoms with van der Waals surface area (Å²) in [4.78, 5) is 33.4. The number of aldehydes is 1. The van der Waals surface area contributed by atoms with E-state index in [1.54, 1.807) is 21.1 Å². The quantitative estimate of drug-likeness (QED) is 0.255. The van der Waals surface area contributed by atoms with Crippen molar-refractivity contribution in [2.75, 3.05) is 34.3 Å². The maximum Gasteiger partial charge on any atom is 0.269 e. The van der Waals surface area contributed by atoms with Crippen LogP contribution in [0, 0.1) is 0 Å². The molecule has 0 aromatic rings. The second-order valence-corrected chi connectivity index (χ2v) is 6.48. The number of rotatable bonds is 9. The molecule has 2 unspecified atom stereocenters. The van der Waals surface area contributed by atoms with Crippen LogP contribution in [0.25, 0.3) is 0 Å². The lowest BCUT2D eigenvalue weighted by Gasteiger charge is -2.32. The Morgan fingerprint density at radius 3 is 2.37 bits per heavy atom. The first-order valence-corrected chi connectivity index (χ1v) is 7.02. The highest BCUT2D eigenvalue weighted by Crippen LogP contribution is 2.40. The lowest BCUT2D eigenvalue weighted by molar-refractivity contribution is -0.872. The number of nitrogens with zero attached hydrogens (tertiary/aromatic N) is 1. The van der Waals surface area contributed by atoms with Crippen LogP contribution >= 0.6 is 7.82 Å². The van der Waals surface area contributed by atoms with Crippen LogP contribution in [0.15, 0.2) is 12.2 Å². The third kappa shape index (κ3) is 8.02. The average Bonchev–Trinajstić information content (AvgIpc) is 2.22. The minimum atomic E-state index is -4.70. The van der Waals surface area contributed by atoms with Crippen molar-refractivity contribution in [1.29, 1.82) is 0 Å². The monoisotopic (exact) mass is 293 g/mol. The van der Waals surface area contributed by atoms with Gasteiger partial charge in [0, 0.05) is 0 Å². The standard InChI is InChI=1S/C11H20NO6P/c1-9(2)11(14)10(8-12(3,4)5)18-19(15,16)17-7-6-13/h6,10H,1,7-8H2,2-5H3. The van der Waals surface area contributed by atoms with E-state index in [-0.39, 0.29) is 18.4 Å². The number of carbonyl (C=O) groups is 2. The van der Waals surface area contributed by atoms with Gasteiger partial charge in [-0.25, -0.2) is 0 Å². The van der Waals surface area contributed by atoms with Crippen molar-refractivity contribution >= 4 is 19.9 Å².